The molecule has 2 amide bonds. The second-order valence-electron chi connectivity index (χ2n) is 6.19. The monoisotopic (exact) mass is 410 g/mol. The summed E-state index contributed by atoms with van der Waals surface area (Å²) in [5.74, 6) is 0.323. The molecule has 144 valence electrons. The summed E-state index contributed by atoms with van der Waals surface area (Å²) < 4.78 is 5.18. The van der Waals surface area contributed by atoms with Crippen LogP contribution in [0.1, 0.15) is 29.8 Å². The minimum absolute atomic E-state index is 0.174. The molecule has 1 atom stereocenters. The van der Waals surface area contributed by atoms with Gasteiger partial charge in [-0.25, -0.2) is 4.98 Å². The van der Waals surface area contributed by atoms with E-state index in [4.69, 9.17) is 27.6 Å². The SMILES string of the molecule is O=C(NCCNc1ncc(Cl)cc1Cl)C1CCCCN1C(=O)c1ccco1. The Morgan fingerprint density at radius 2 is 2.15 bits per heavy atom. The molecule has 0 radical (unpaired) electrons. The number of piperidine rings is 1. The van der Waals surface area contributed by atoms with Gasteiger partial charge in [-0.15, -0.1) is 0 Å². The van der Waals surface area contributed by atoms with Crippen LogP contribution in [0.25, 0.3) is 0 Å². The lowest BCUT2D eigenvalue weighted by Gasteiger charge is -2.34. The fourth-order valence-electron chi connectivity index (χ4n) is 3.02. The standard InChI is InChI=1S/C18H20Cl2N4O3/c19-12-10-13(20)16(23-11-12)21-6-7-22-17(25)14-4-1-2-8-24(14)18(26)15-5-3-9-27-15/h3,5,9-11,14H,1-2,4,6-8H2,(H,21,23)(H,22,25). The lowest BCUT2D eigenvalue weighted by atomic mass is 10.0. The van der Waals surface area contributed by atoms with Crippen molar-refractivity contribution in [3.8, 4) is 0 Å². The van der Waals surface area contributed by atoms with E-state index in [1.165, 1.54) is 12.5 Å². The number of furan rings is 1. The van der Waals surface area contributed by atoms with Gasteiger partial charge in [0.15, 0.2) is 5.76 Å². The fraction of sp³-hybridized carbons (Fsp3) is 0.389. The molecule has 27 heavy (non-hydrogen) atoms. The fourth-order valence-corrected chi connectivity index (χ4v) is 3.46. The van der Waals surface area contributed by atoms with Crippen molar-refractivity contribution >= 4 is 40.8 Å². The molecule has 0 aliphatic carbocycles. The number of amides is 2. The van der Waals surface area contributed by atoms with Crippen LogP contribution in [0.15, 0.2) is 35.1 Å². The maximum absolute atomic E-state index is 12.6. The third-order valence-electron chi connectivity index (χ3n) is 4.32. The topological polar surface area (TPSA) is 87.5 Å². The first-order valence-electron chi connectivity index (χ1n) is 8.73. The zero-order chi connectivity index (χ0) is 19.2. The number of nitrogens with one attached hydrogen (secondary N) is 2. The Bertz CT molecular complexity index is 798. The Kier molecular flexibility index (Phi) is 6.58. The number of hydrogen-bond donors (Lipinski definition) is 2. The summed E-state index contributed by atoms with van der Waals surface area (Å²) in [7, 11) is 0. The van der Waals surface area contributed by atoms with Crippen LogP contribution in [0.4, 0.5) is 5.82 Å². The van der Waals surface area contributed by atoms with Crippen LogP contribution < -0.4 is 10.6 Å². The first kappa shape index (κ1) is 19.5. The highest BCUT2D eigenvalue weighted by atomic mass is 35.5. The molecule has 3 rings (SSSR count). The predicted molar refractivity (Wildman–Crippen MR) is 103 cm³/mol. The molecule has 9 heteroatoms. The Labute approximate surface area is 167 Å². The number of carbonyl (C=O) groups is 2. The summed E-state index contributed by atoms with van der Waals surface area (Å²) in [6.45, 7) is 1.36. The quantitative estimate of drug-likeness (QED) is 0.713. The van der Waals surface area contributed by atoms with Crippen LogP contribution in [0.3, 0.4) is 0 Å². The molecule has 1 aliphatic rings. The summed E-state index contributed by atoms with van der Waals surface area (Å²) >= 11 is 11.9. The van der Waals surface area contributed by atoms with E-state index < -0.39 is 6.04 Å². The molecule has 1 aliphatic heterocycles. The largest absolute Gasteiger partial charge is 0.459 e. The molecule has 0 saturated carbocycles. The first-order valence-corrected chi connectivity index (χ1v) is 9.49. The van der Waals surface area contributed by atoms with Crippen LogP contribution in [-0.2, 0) is 4.79 Å². The smallest absolute Gasteiger partial charge is 0.290 e. The van der Waals surface area contributed by atoms with E-state index in [1.807, 2.05) is 0 Å². The lowest BCUT2D eigenvalue weighted by molar-refractivity contribution is -0.126. The van der Waals surface area contributed by atoms with Crippen molar-refractivity contribution in [2.75, 3.05) is 25.0 Å². The van der Waals surface area contributed by atoms with Crippen molar-refractivity contribution in [2.45, 2.75) is 25.3 Å². The van der Waals surface area contributed by atoms with Gasteiger partial charge in [0, 0.05) is 25.8 Å². The molecule has 0 spiro atoms. The lowest BCUT2D eigenvalue weighted by Crippen LogP contribution is -2.52. The molecule has 2 N–H and O–H groups in total. The Hall–Kier alpha value is -2.25. The maximum atomic E-state index is 12.6. The number of halogens is 2. The Morgan fingerprint density at radius 1 is 1.30 bits per heavy atom. The number of aromatic nitrogens is 1. The number of hydrogen-bond acceptors (Lipinski definition) is 5. The van der Waals surface area contributed by atoms with Crippen molar-refractivity contribution in [3.05, 3.63) is 46.5 Å². The maximum Gasteiger partial charge on any atom is 0.290 e. The molecule has 0 aromatic carbocycles. The molecule has 7 nitrogen and oxygen atoms in total. The van der Waals surface area contributed by atoms with Gasteiger partial charge in [0.1, 0.15) is 11.9 Å². The number of nitrogens with zero attached hydrogens (tertiary/aromatic N) is 2. The minimum atomic E-state index is -0.492. The van der Waals surface area contributed by atoms with Crippen LogP contribution >= 0.6 is 23.2 Å². The predicted octanol–water partition coefficient (Wildman–Crippen LogP) is 3.20. The van der Waals surface area contributed by atoms with E-state index in [-0.39, 0.29) is 17.6 Å². The minimum Gasteiger partial charge on any atom is -0.459 e. The first-order chi connectivity index (χ1) is 13.1. The van der Waals surface area contributed by atoms with Crippen molar-refractivity contribution < 1.29 is 14.0 Å². The van der Waals surface area contributed by atoms with Crippen molar-refractivity contribution in [3.63, 3.8) is 0 Å². The molecule has 3 heterocycles. The van der Waals surface area contributed by atoms with Crippen LogP contribution in [0.5, 0.6) is 0 Å². The van der Waals surface area contributed by atoms with Gasteiger partial charge in [-0.3, -0.25) is 9.59 Å². The van der Waals surface area contributed by atoms with Gasteiger partial charge < -0.3 is 20.0 Å². The highest BCUT2D eigenvalue weighted by Gasteiger charge is 2.33. The second-order valence-corrected chi connectivity index (χ2v) is 7.03. The molecule has 1 unspecified atom stereocenters. The zero-order valence-electron chi connectivity index (χ0n) is 14.6. The van der Waals surface area contributed by atoms with E-state index >= 15 is 0 Å². The highest BCUT2D eigenvalue weighted by molar-refractivity contribution is 6.35. The van der Waals surface area contributed by atoms with E-state index in [9.17, 15) is 9.59 Å². The molecular formula is C18H20Cl2N4O3. The molecule has 1 fully saturated rings. The van der Waals surface area contributed by atoms with E-state index in [1.54, 1.807) is 23.1 Å². The van der Waals surface area contributed by atoms with E-state index in [2.05, 4.69) is 15.6 Å². The summed E-state index contributed by atoms with van der Waals surface area (Å²) in [4.78, 5) is 30.8. The summed E-state index contributed by atoms with van der Waals surface area (Å²) in [5.41, 5.74) is 0. The van der Waals surface area contributed by atoms with E-state index in [0.717, 1.165) is 12.8 Å². The average Bonchev–Trinajstić information content (AvgIpc) is 3.20. The summed E-state index contributed by atoms with van der Waals surface area (Å²) in [6, 6.07) is 4.37. The van der Waals surface area contributed by atoms with Gasteiger partial charge in [-0.05, 0) is 37.5 Å². The molecular weight excluding hydrogens is 391 g/mol. The normalized spacial score (nSPS) is 16.8. The Morgan fingerprint density at radius 3 is 2.89 bits per heavy atom. The number of anilines is 1. The molecule has 0 bridgehead atoms. The number of pyridine rings is 1. The molecule has 2 aromatic heterocycles. The zero-order valence-corrected chi connectivity index (χ0v) is 16.1. The van der Waals surface area contributed by atoms with Crippen LogP contribution in [-0.4, -0.2) is 47.4 Å². The third-order valence-corrected chi connectivity index (χ3v) is 4.82. The third kappa shape index (κ3) is 4.93. The summed E-state index contributed by atoms with van der Waals surface area (Å²) in [5, 5.41) is 6.77. The Balaban J connectivity index is 1.52. The molecule has 2 aromatic rings. The number of carbonyl (C=O) groups excluding carboxylic acids is 2. The van der Waals surface area contributed by atoms with Crippen molar-refractivity contribution in [1.29, 1.82) is 0 Å². The van der Waals surface area contributed by atoms with Crippen molar-refractivity contribution in [2.24, 2.45) is 0 Å². The number of rotatable bonds is 6. The van der Waals surface area contributed by atoms with Crippen LogP contribution in [0, 0.1) is 0 Å². The molecule has 1 saturated heterocycles. The van der Waals surface area contributed by atoms with Gasteiger partial charge >= 0.3 is 0 Å². The van der Waals surface area contributed by atoms with Gasteiger partial charge in [0.2, 0.25) is 5.91 Å². The van der Waals surface area contributed by atoms with Gasteiger partial charge in [0.05, 0.1) is 16.3 Å². The van der Waals surface area contributed by atoms with Crippen molar-refractivity contribution in [1.82, 2.24) is 15.2 Å². The summed E-state index contributed by atoms with van der Waals surface area (Å²) in [6.07, 6.45) is 5.36. The van der Waals surface area contributed by atoms with E-state index in [0.29, 0.717) is 41.9 Å². The van der Waals surface area contributed by atoms with Crippen LogP contribution in [0.2, 0.25) is 10.0 Å². The van der Waals surface area contributed by atoms with Gasteiger partial charge in [0.25, 0.3) is 5.91 Å². The second kappa shape index (κ2) is 9.10. The highest BCUT2D eigenvalue weighted by Crippen LogP contribution is 2.22. The van der Waals surface area contributed by atoms with Gasteiger partial charge in [-0.2, -0.15) is 0 Å². The number of likely N-dealkylation sites (tertiary alicyclic amines) is 1. The average molecular weight is 411 g/mol. The van der Waals surface area contributed by atoms with Gasteiger partial charge in [-0.1, -0.05) is 23.2 Å².